The molecule has 3 aromatic rings. The van der Waals surface area contributed by atoms with Crippen molar-refractivity contribution in [2.24, 2.45) is 0 Å². The fourth-order valence-electron chi connectivity index (χ4n) is 2.29. The van der Waals surface area contributed by atoms with Gasteiger partial charge in [0.2, 0.25) is 0 Å². The van der Waals surface area contributed by atoms with Crippen LogP contribution in [-0.2, 0) is 0 Å². The second-order valence-electron chi connectivity index (χ2n) is 5.31. The molecule has 0 saturated heterocycles. The van der Waals surface area contributed by atoms with Crippen molar-refractivity contribution < 1.29 is 7.06 Å². The summed E-state index contributed by atoms with van der Waals surface area (Å²) in [6, 6.07) is 16.2. The quantitative estimate of drug-likeness (QED) is 0.663. The van der Waals surface area contributed by atoms with E-state index in [0.29, 0.717) is 0 Å². The molecule has 0 aliphatic rings. The van der Waals surface area contributed by atoms with Crippen molar-refractivity contribution in [1.29, 1.82) is 0 Å². The molecule has 0 aliphatic heterocycles. The van der Waals surface area contributed by atoms with Crippen LogP contribution in [0.15, 0.2) is 48.5 Å². The maximum atomic E-state index is 5.94. The monoisotopic (exact) mass is 348 g/mol. The molecule has 3 rings (SSSR count). The van der Waals surface area contributed by atoms with E-state index in [1.807, 2.05) is 43.3 Å². The molecule has 0 N–H and O–H groups in total. The third kappa shape index (κ3) is 3.13. The summed E-state index contributed by atoms with van der Waals surface area (Å²) in [6.45, 7) is 6.15. The molecule has 1 radical (unpaired) electrons. The van der Waals surface area contributed by atoms with E-state index in [1.54, 1.807) is 0 Å². The minimum atomic E-state index is -1.33. The Morgan fingerprint density at radius 2 is 1.55 bits per heavy atom. The Kier molecular flexibility index (Phi) is 4.41. The van der Waals surface area contributed by atoms with Crippen LogP contribution in [0.4, 0.5) is 0 Å². The number of fused-ring (bicyclic) bond motifs is 1. The molecule has 1 aromatic heterocycles. The van der Waals surface area contributed by atoms with Gasteiger partial charge in [-0.25, -0.2) is 0 Å². The molecule has 0 unspecified atom stereocenters. The Bertz CT molecular complexity index is 817. The number of benzene rings is 2. The van der Waals surface area contributed by atoms with Gasteiger partial charge in [0, 0.05) is 0 Å². The first-order valence-corrected chi connectivity index (χ1v) is 9.20. The molecule has 109 valence electrons. The average molecular weight is 349 g/mol. The van der Waals surface area contributed by atoms with Crippen LogP contribution in [0.25, 0.3) is 10.9 Å². The van der Waals surface area contributed by atoms with Crippen LogP contribution >= 0.6 is 0 Å². The van der Waals surface area contributed by atoms with Gasteiger partial charge in [-0.15, -0.1) is 0 Å². The van der Waals surface area contributed by atoms with Crippen LogP contribution in [0, 0.1) is 20.8 Å². The van der Waals surface area contributed by atoms with Gasteiger partial charge in [0.1, 0.15) is 0 Å². The second kappa shape index (κ2) is 6.46. The van der Waals surface area contributed by atoms with Crippen LogP contribution in [-0.4, -0.2) is 23.1 Å². The summed E-state index contributed by atoms with van der Waals surface area (Å²) in [5, 5.41) is 1.09. The van der Waals surface area contributed by atoms with E-state index >= 15 is 0 Å². The number of rotatable bonds is 4. The Labute approximate surface area is 138 Å². The molecule has 0 aliphatic carbocycles. The molecular weight excluding hydrogens is 332 g/mol. The van der Waals surface area contributed by atoms with Gasteiger partial charge in [-0.3, -0.25) is 0 Å². The molecular formula is C18H17GaNO2. The van der Waals surface area contributed by atoms with Crippen LogP contribution < -0.4 is 7.06 Å². The molecule has 4 heteroatoms. The fraction of sp³-hybridized carbons (Fsp3) is 0.167. The first kappa shape index (κ1) is 15.0. The summed E-state index contributed by atoms with van der Waals surface area (Å²) >= 11 is -1.33. The van der Waals surface area contributed by atoms with Crippen molar-refractivity contribution in [3.8, 4) is 11.5 Å². The van der Waals surface area contributed by atoms with Crippen molar-refractivity contribution in [2.75, 3.05) is 0 Å². The minimum absolute atomic E-state index is 0.812. The second-order valence-corrected chi connectivity index (χ2v) is 6.70. The normalized spacial score (nSPS) is 10.5. The standard InChI is InChI=1S/C10H9NO.C8H10O.Ga/c1-7-5-6-8-3-2-4-9(12)10(8)11-7;1-6-4-3-5-8(9)7(6)2;/h2-6,12H,1H3;3-5,9H,1-2H3;/q;;+2/p-2. The predicted octanol–water partition coefficient (Wildman–Crippen LogP) is 4.15. The number of aromatic nitrogens is 1. The predicted molar refractivity (Wildman–Crippen MR) is 89.4 cm³/mol. The van der Waals surface area contributed by atoms with E-state index in [0.717, 1.165) is 28.1 Å². The summed E-state index contributed by atoms with van der Waals surface area (Å²) < 4.78 is 11.9. The van der Waals surface area contributed by atoms with E-state index in [1.165, 1.54) is 11.1 Å². The van der Waals surface area contributed by atoms with Crippen molar-refractivity contribution in [1.82, 2.24) is 4.98 Å². The van der Waals surface area contributed by atoms with Crippen LogP contribution in [0.2, 0.25) is 0 Å². The number of pyridine rings is 1. The first-order chi connectivity index (χ1) is 10.6. The van der Waals surface area contributed by atoms with Gasteiger partial charge in [-0.05, 0) is 0 Å². The molecule has 0 fully saturated rings. The zero-order valence-electron chi connectivity index (χ0n) is 13.0. The van der Waals surface area contributed by atoms with Gasteiger partial charge in [0.15, 0.2) is 0 Å². The summed E-state index contributed by atoms with van der Waals surface area (Å²) in [5.74, 6) is 1.73. The van der Waals surface area contributed by atoms with E-state index in [2.05, 4.69) is 31.0 Å². The van der Waals surface area contributed by atoms with Gasteiger partial charge < -0.3 is 0 Å². The van der Waals surface area contributed by atoms with Crippen LogP contribution in [0.3, 0.4) is 0 Å². The van der Waals surface area contributed by atoms with Crippen molar-refractivity contribution in [3.63, 3.8) is 0 Å². The van der Waals surface area contributed by atoms with E-state index in [4.69, 9.17) is 7.06 Å². The summed E-state index contributed by atoms with van der Waals surface area (Å²) in [6.07, 6.45) is 0. The number of hydrogen-bond acceptors (Lipinski definition) is 3. The number of aryl methyl sites for hydroxylation is 2. The zero-order valence-corrected chi connectivity index (χ0v) is 15.4. The molecule has 2 aromatic carbocycles. The van der Waals surface area contributed by atoms with E-state index in [9.17, 15) is 0 Å². The fourth-order valence-corrected chi connectivity index (χ4v) is 3.76. The van der Waals surface area contributed by atoms with Gasteiger partial charge in [-0.2, -0.15) is 0 Å². The average Bonchev–Trinajstić information content (AvgIpc) is 2.52. The molecule has 0 saturated carbocycles. The SMILES string of the molecule is Cc1ccc2cccc([O][Ga][O]c3cccc(C)c3C)c2n1. The van der Waals surface area contributed by atoms with Crippen molar-refractivity contribution >= 4 is 29.0 Å². The Balaban J connectivity index is 1.77. The third-order valence-corrected chi connectivity index (χ3v) is 5.20. The van der Waals surface area contributed by atoms with E-state index < -0.39 is 18.1 Å². The maximum absolute atomic E-state index is 5.94. The van der Waals surface area contributed by atoms with Gasteiger partial charge >= 0.3 is 139 Å². The van der Waals surface area contributed by atoms with Crippen LogP contribution in [0.1, 0.15) is 16.8 Å². The summed E-state index contributed by atoms with van der Waals surface area (Å²) in [5.41, 5.74) is 4.30. The first-order valence-electron chi connectivity index (χ1n) is 7.23. The van der Waals surface area contributed by atoms with Gasteiger partial charge in [0.25, 0.3) is 0 Å². The van der Waals surface area contributed by atoms with E-state index in [-0.39, 0.29) is 0 Å². The molecule has 0 amide bonds. The summed E-state index contributed by atoms with van der Waals surface area (Å²) in [4.78, 5) is 4.58. The Morgan fingerprint density at radius 1 is 0.818 bits per heavy atom. The molecule has 3 nitrogen and oxygen atoms in total. The molecule has 0 spiro atoms. The van der Waals surface area contributed by atoms with Gasteiger partial charge in [-0.1, -0.05) is 0 Å². The Hall–Kier alpha value is -1.91. The number of nitrogens with zero attached hydrogens (tertiary/aromatic N) is 1. The molecule has 22 heavy (non-hydrogen) atoms. The van der Waals surface area contributed by atoms with Crippen molar-refractivity contribution in [3.05, 3.63) is 65.4 Å². The van der Waals surface area contributed by atoms with Crippen LogP contribution in [0.5, 0.6) is 11.5 Å². The molecule has 1 heterocycles. The van der Waals surface area contributed by atoms with Crippen molar-refractivity contribution in [2.45, 2.75) is 20.8 Å². The molecule has 0 atom stereocenters. The molecule has 0 bridgehead atoms. The Morgan fingerprint density at radius 3 is 2.41 bits per heavy atom. The third-order valence-electron chi connectivity index (χ3n) is 3.73. The number of para-hydroxylation sites is 1. The zero-order chi connectivity index (χ0) is 15.5. The summed E-state index contributed by atoms with van der Waals surface area (Å²) in [7, 11) is 0. The number of hydrogen-bond donors (Lipinski definition) is 0. The topological polar surface area (TPSA) is 31.4 Å². The van der Waals surface area contributed by atoms with Gasteiger partial charge in [0.05, 0.1) is 0 Å².